The van der Waals surface area contributed by atoms with Crippen molar-refractivity contribution in [2.45, 2.75) is 26.2 Å². The van der Waals surface area contributed by atoms with Crippen LogP contribution < -0.4 is 5.32 Å². The number of aromatic nitrogens is 2. The summed E-state index contributed by atoms with van der Waals surface area (Å²) in [6.45, 7) is 3.67. The SMILES string of the molecule is Cc1cc(Nc2cccc(CC3CCN(CC(=O)O)CC3)n2)no1. The van der Waals surface area contributed by atoms with E-state index in [1.54, 1.807) is 0 Å². The number of hydrogen-bond donors (Lipinski definition) is 2. The molecule has 2 aromatic rings. The van der Waals surface area contributed by atoms with Gasteiger partial charge in [0.1, 0.15) is 11.6 Å². The monoisotopic (exact) mass is 330 g/mol. The standard InChI is InChI=1S/C17H22N4O3/c1-12-9-16(20-24-12)19-15-4-2-3-14(18-15)10-13-5-7-21(8-6-13)11-17(22)23/h2-4,9,13H,5-8,10-11H2,1H3,(H,22,23)(H,18,19,20). The van der Waals surface area contributed by atoms with Crippen molar-refractivity contribution in [2.24, 2.45) is 5.92 Å². The van der Waals surface area contributed by atoms with E-state index in [2.05, 4.69) is 15.5 Å². The molecule has 0 unspecified atom stereocenters. The van der Waals surface area contributed by atoms with E-state index < -0.39 is 5.97 Å². The van der Waals surface area contributed by atoms with Crippen LogP contribution in [-0.2, 0) is 11.2 Å². The number of carboxylic acid groups (broad SMARTS) is 1. The van der Waals surface area contributed by atoms with Crippen molar-refractivity contribution in [3.63, 3.8) is 0 Å². The van der Waals surface area contributed by atoms with Gasteiger partial charge in [-0.3, -0.25) is 9.69 Å². The van der Waals surface area contributed by atoms with Crippen molar-refractivity contribution in [3.05, 3.63) is 35.7 Å². The highest BCUT2D eigenvalue weighted by atomic mass is 16.5. The molecule has 2 aromatic heterocycles. The van der Waals surface area contributed by atoms with Gasteiger partial charge in [-0.1, -0.05) is 11.2 Å². The Bertz CT molecular complexity index is 693. The Hall–Kier alpha value is -2.41. The first kappa shape index (κ1) is 16.4. The largest absolute Gasteiger partial charge is 0.480 e. The van der Waals surface area contributed by atoms with E-state index in [1.807, 2.05) is 36.1 Å². The molecule has 0 aromatic carbocycles. The number of hydrogen-bond acceptors (Lipinski definition) is 6. The summed E-state index contributed by atoms with van der Waals surface area (Å²) in [7, 11) is 0. The number of likely N-dealkylation sites (tertiary alicyclic amines) is 1. The normalized spacial score (nSPS) is 16.2. The van der Waals surface area contributed by atoms with E-state index in [9.17, 15) is 4.79 Å². The highest BCUT2D eigenvalue weighted by molar-refractivity contribution is 5.69. The average molecular weight is 330 g/mol. The second-order valence-corrected chi connectivity index (χ2v) is 6.28. The summed E-state index contributed by atoms with van der Waals surface area (Å²) in [6, 6.07) is 7.75. The number of nitrogens with zero attached hydrogens (tertiary/aromatic N) is 3. The van der Waals surface area contributed by atoms with Crippen molar-refractivity contribution in [2.75, 3.05) is 25.0 Å². The van der Waals surface area contributed by atoms with E-state index in [0.717, 1.165) is 49.6 Å². The molecule has 2 N–H and O–H groups in total. The molecule has 0 atom stereocenters. The minimum atomic E-state index is -0.753. The van der Waals surface area contributed by atoms with Crippen LogP contribution >= 0.6 is 0 Å². The van der Waals surface area contributed by atoms with Gasteiger partial charge in [-0.25, -0.2) is 4.98 Å². The van der Waals surface area contributed by atoms with Gasteiger partial charge >= 0.3 is 5.97 Å². The summed E-state index contributed by atoms with van der Waals surface area (Å²) in [5.41, 5.74) is 1.04. The van der Waals surface area contributed by atoms with Gasteiger partial charge in [-0.2, -0.15) is 0 Å². The van der Waals surface area contributed by atoms with Crippen LogP contribution in [-0.4, -0.2) is 45.8 Å². The zero-order chi connectivity index (χ0) is 16.9. The second kappa shape index (κ2) is 7.44. The number of rotatable bonds is 6. The van der Waals surface area contributed by atoms with E-state index in [0.29, 0.717) is 11.7 Å². The highest BCUT2D eigenvalue weighted by Crippen LogP contribution is 2.22. The Morgan fingerprint density at radius 2 is 2.17 bits per heavy atom. The number of carboxylic acids is 1. The molecule has 1 saturated heterocycles. The molecule has 0 amide bonds. The van der Waals surface area contributed by atoms with E-state index in [1.165, 1.54) is 0 Å². The molecule has 3 heterocycles. The van der Waals surface area contributed by atoms with Crippen LogP contribution in [0.1, 0.15) is 24.3 Å². The minimum Gasteiger partial charge on any atom is -0.480 e. The summed E-state index contributed by atoms with van der Waals surface area (Å²) in [6.07, 6.45) is 2.93. The van der Waals surface area contributed by atoms with Crippen LogP contribution in [0.5, 0.6) is 0 Å². The molecule has 0 radical (unpaired) electrons. The molecular formula is C17H22N4O3. The lowest BCUT2D eigenvalue weighted by atomic mass is 9.92. The van der Waals surface area contributed by atoms with Crippen molar-refractivity contribution in [1.82, 2.24) is 15.0 Å². The Morgan fingerprint density at radius 1 is 1.38 bits per heavy atom. The number of aryl methyl sites for hydroxylation is 1. The van der Waals surface area contributed by atoms with Crippen LogP contribution in [0, 0.1) is 12.8 Å². The third-order valence-electron chi connectivity index (χ3n) is 4.25. The smallest absolute Gasteiger partial charge is 0.317 e. The first-order valence-electron chi connectivity index (χ1n) is 8.19. The summed E-state index contributed by atoms with van der Waals surface area (Å²) in [4.78, 5) is 17.4. The number of anilines is 2. The van der Waals surface area contributed by atoms with Gasteiger partial charge in [0.15, 0.2) is 5.82 Å². The maximum atomic E-state index is 10.8. The van der Waals surface area contributed by atoms with Crippen LogP contribution in [0.25, 0.3) is 0 Å². The molecule has 128 valence electrons. The van der Waals surface area contributed by atoms with Gasteiger partial charge in [-0.15, -0.1) is 0 Å². The van der Waals surface area contributed by atoms with Gasteiger partial charge in [0, 0.05) is 11.8 Å². The van der Waals surface area contributed by atoms with Crippen LogP contribution in [0.4, 0.5) is 11.6 Å². The third-order valence-corrected chi connectivity index (χ3v) is 4.25. The van der Waals surface area contributed by atoms with Crippen LogP contribution in [0.2, 0.25) is 0 Å². The Morgan fingerprint density at radius 3 is 2.83 bits per heavy atom. The summed E-state index contributed by atoms with van der Waals surface area (Å²) < 4.78 is 5.04. The highest BCUT2D eigenvalue weighted by Gasteiger charge is 2.21. The lowest BCUT2D eigenvalue weighted by Gasteiger charge is -2.30. The first-order valence-corrected chi connectivity index (χ1v) is 8.19. The van der Waals surface area contributed by atoms with Crippen molar-refractivity contribution >= 4 is 17.6 Å². The Kier molecular flexibility index (Phi) is 5.10. The van der Waals surface area contributed by atoms with Crippen LogP contribution in [0.15, 0.2) is 28.8 Å². The fourth-order valence-electron chi connectivity index (χ4n) is 3.06. The second-order valence-electron chi connectivity index (χ2n) is 6.28. The molecule has 0 saturated carbocycles. The van der Waals surface area contributed by atoms with E-state index in [-0.39, 0.29) is 6.54 Å². The van der Waals surface area contributed by atoms with Gasteiger partial charge in [0.05, 0.1) is 6.54 Å². The lowest BCUT2D eigenvalue weighted by molar-refractivity contribution is -0.138. The topological polar surface area (TPSA) is 91.5 Å². The predicted molar refractivity (Wildman–Crippen MR) is 89.3 cm³/mol. The number of carbonyl (C=O) groups is 1. The first-order chi connectivity index (χ1) is 11.6. The summed E-state index contributed by atoms with van der Waals surface area (Å²) in [5, 5.41) is 15.9. The van der Waals surface area contributed by atoms with Crippen molar-refractivity contribution in [1.29, 1.82) is 0 Å². The number of pyridine rings is 1. The molecule has 7 nitrogen and oxygen atoms in total. The van der Waals surface area contributed by atoms with Gasteiger partial charge in [0.25, 0.3) is 0 Å². The average Bonchev–Trinajstić information content (AvgIpc) is 2.94. The van der Waals surface area contributed by atoms with Gasteiger partial charge in [0.2, 0.25) is 0 Å². The zero-order valence-corrected chi connectivity index (χ0v) is 13.7. The molecule has 0 aliphatic carbocycles. The van der Waals surface area contributed by atoms with Crippen molar-refractivity contribution < 1.29 is 14.4 Å². The molecule has 3 rings (SSSR count). The molecule has 1 fully saturated rings. The van der Waals surface area contributed by atoms with E-state index >= 15 is 0 Å². The fourth-order valence-corrected chi connectivity index (χ4v) is 3.06. The zero-order valence-electron chi connectivity index (χ0n) is 13.7. The van der Waals surface area contributed by atoms with Gasteiger partial charge in [-0.05, 0) is 57.3 Å². The minimum absolute atomic E-state index is 0.140. The third kappa shape index (κ3) is 4.55. The fraction of sp³-hybridized carbons (Fsp3) is 0.471. The van der Waals surface area contributed by atoms with Gasteiger partial charge < -0.3 is 14.9 Å². The summed E-state index contributed by atoms with van der Waals surface area (Å²) >= 11 is 0. The molecule has 7 heteroatoms. The molecule has 0 bridgehead atoms. The molecule has 1 aliphatic rings. The van der Waals surface area contributed by atoms with Crippen LogP contribution in [0.3, 0.4) is 0 Å². The van der Waals surface area contributed by atoms with E-state index in [4.69, 9.17) is 9.63 Å². The summed E-state index contributed by atoms with van der Waals surface area (Å²) in [5.74, 6) is 1.95. The number of aliphatic carboxylic acids is 1. The number of piperidine rings is 1. The predicted octanol–water partition coefficient (Wildman–Crippen LogP) is 2.46. The molecule has 1 aliphatic heterocycles. The maximum Gasteiger partial charge on any atom is 0.317 e. The number of nitrogens with one attached hydrogen (secondary N) is 1. The van der Waals surface area contributed by atoms with Crippen molar-refractivity contribution in [3.8, 4) is 0 Å². The molecular weight excluding hydrogens is 308 g/mol. The Balaban J connectivity index is 1.54. The lowest BCUT2D eigenvalue weighted by Crippen LogP contribution is -2.37. The molecule has 24 heavy (non-hydrogen) atoms. The molecule has 0 spiro atoms. The maximum absolute atomic E-state index is 10.8. The Labute approximate surface area is 140 Å². The quantitative estimate of drug-likeness (QED) is 0.840.